The molecule has 0 spiro atoms. The normalized spacial score (nSPS) is 9.95. The highest BCUT2D eigenvalue weighted by atomic mass is 35.5. The minimum Gasteiger partial charge on any atom is -0.399 e. The number of H-pyrrole nitrogens is 1. The largest absolute Gasteiger partial charge is 0.399 e. The van der Waals surface area contributed by atoms with Gasteiger partial charge in [0.1, 0.15) is 0 Å². The Morgan fingerprint density at radius 2 is 1.77 bits per heavy atom. The summed E-state index contributed by atoms with van der Waals surface area (Å²) in [7, 11) is 0. The Bertz CT molecular complexity index is 707. The minimum atomic E-state index is 0.497. The van der Waals surface area contributed by atoms with Crippen molar-refractivity contribution >= 4 is 28.9 Å². The fourth-order valence-corrected chi connectivity index (χ4v) is 2.13. The van der Waals surface area contributed by atoms with E-state index in [1.807, 2.05) is 6.20 Å². The number of hydrogen-bond donors (Lipinski definition) is 2. The van der Waals surface area contributed by atoms with Gasteiger partial charge < -0.3 is 10.7 Å². The standard InChI is InChI=1S/C11H12N2.C6H5Cl2N/c1-9-2-4-10(5-3-9)6-11-7-12-8-13-11;7-5-2-1-4(9)3-6(5)8/h2-5,7-8H,6H2,1H3,(H,12,13);1-3H,9H2. The maximum atomic E-state index is 5.60. The molecular formula is C17H17Cl2N3. The molecule has 0 saturated heterocycles. The number of rotatable bonds is 2. The predicted octanol–water partition coefficient (Wildman–Crippen LogP) is 4.88. The SMILES string of the molecule is Cc1ccc(Cc2cnc[nH]2)cc1.Nc1ccc(Cl)c(Cl)c1. The van der Waals surface area contributed by atoms with Crippen molar-refractivity contribution in [3.63, 3.8) is 0 Å². The summed E-state index contributed by atoms with van der Waals surface area (Å²) in [6.45, 7) is 2.10. The number of hydrogen-bond acceptors (Lipinski definition) is 2. The highest BCUT2D eigenvalue weighted by Crippen LogP contribution is 2.23. The van der Waals surface area contributed by atoms with Crippen molar-refractivity contribution in [3.8, 4) is 0 Å². The summed E-state index contributed by atoms with van der Waals surface area (Å²) < 4.78 is 0. The molecule has 0 saturated carbocycles. The van der Waals surface area contributed by atoms with Crippen LogP contribution in [0.3, 0.4) is 0 Å². The average molecular weight is 334 g/mol. The van der Waals surface area contributed by atoms with Crippen LogP contribution in [0.2, 0.25) is 10.0 Å². The number of nitrogens with zero attached hydrogens (tertiary/aromatic N) is 1. The lowest BCUT2D eigenvalue weighted by Crippen LogP contribution is -1.87. The smallest absolute Gasteiger partial charge is 0.0921 e. The number of aromatic amines is 1. The van der Waals surface area contributed by atoms with E-state index in [0.717, 1.165) is 12.1 Å². The number of halogens is 2. The van der Waals surface area contributed by atoms with Crippen LogP contribution in [0.5, 0.6) is 0 Å². The number of nitrogens with two attached hydrogens (primary N) is 1. The molecule has 3 nitrogen and oxygen atoms in total. The van der Waals surface area contributed by atoms with E-state index in [1.54, 1.807) is 24.5 Å². The van der Waals surface area contributed by atoms with Crippen LogP contribution in [-0.4, -0.2) is 9.97 Å². The Morgan fingerprint density at radius 3 is 2.32 bits per heavy atom. The van der Waals surface area contributed by atoms with Crippen molar-refractivity contribution in [2.24, 2.45) is 0 Å². The van der Waals surface area contributed by atoms with Gasteiger partial charge >= 0.3 is 0 Å². The molecule has 114 valence electrons. The molecule has 0 fully saturated rings. The van der Waals surface area contributed by atoms with Gasteiger partial charge in [-0.3, -0.25) is 0 Å². The summed E-state index contributed by atoms with van der Waals surface area (Å²) in [6, 6.07) is 13.5. The lowest BCUT2D eigenvalue weighted by atomic mass is 10.1. The van der Waals surface area contributed by atoms with Crippen molar-refractivity contribution < 1.29 is 0 Å². The topological polar surface area (TPSA) is 54.7 Å². The average Bonchev–Trinajstić information content (AvgIpc) is 2.99. The van der Waals surface area contributed by atoms with Crippen molar-refractivity contribution in [1.82, 2.24) is 9.97 Å². The van der Waals surface area contributed by atoms with E-state index in [1.165, 1.54) is 11.1 Å². The van der Waals surface area contributed by atoms with Crippen LogP contribution >= 0.6 is 23.2 Å². The minimum absolute atomic E-state index is 0.497. The van der Waals surface area contributed by atoms with E-state index in [9.17, 15) is 0 Å². The molecule has 0 aliphatic rings. The van der Waals surface area contributed by atoms with Crippen molar-refractivity contribution in [1.29, 1.82) is 0 Å². The molecule has 3 N–H and O–H groups in total. The third-order valence-electron chi connectivity index (χ3n) is 3.01. The first-order valence-corrected chi connectivity index (χ1v) is 7.53. The van der Waals surface area contributed by atoms with E-state index < -0.39 is 0 Å². The Morgan fingerprint density at radius 1 is 1.05 bits per heavy atom. The molecule has 0 amide bonds. The molecule has 0 unspecified atom stereocenters. The van der Waals surface area contributed by atoms with Crippen LogP contribution < -0.4 is 5.73 Å². The number of nitrogens with one attached hydrogen (secondary N) is 1. The molecule has 5 heteroatoms. The summed E-state index contributed by atoms with van der Waals surface area (Å²) in [6.07, 6.45) is 4.50. The highest BCUT2D eigenvalue weighted by Gasteiger charge is 1.96. The second-order valence-corrected chi connectivity index (χ2v) is 5.73. The molecule has 3 aromatic rings. The molecule has 22 heavy (non-hydrogen) atoms. The summed E-state index contributed by atoms with van der Waals surface area (Å²) >= 11 is 11.2. The maximum absolute atomic E-state index is 5.60. The van der Waals surface area contributed by atoms with E-state index >= 15 is 0 Å². The van der Waals surface area contributed by atoms with Gasteiger partial charge in [0.25, 0.3) is 0 Å². The van der Waals surface area contributed by atoms with Gasteiger partial charge in [-0.25, -0.2) is 4.98 Å². The quantitative estimate of drug-likeness (QED) is 0.656. The lowest BCUT2D eigenvalue weighted by molar-refractivity contribution is 1.10. The summed E-state index contributed by atoms with van der Waals surface area (Å²) in [5.41, 5.74) is 9.78. The summed E-state index contributed by atoms with van der Waals surface area (Å²) in [4.78, 5) is 7.07. The molecule has 0 radical (unpaired) electrons. The zero-order valence-electron chi connectivity index (χ0n) is 12.2. The van der Waals surface area contributed by atoms with Gasteiger partial charge in [0.2, 0.25) is 0 Å². The van der Waals surface area contributed by atoms with Gasteiger partial charge in [-0.2, -0.15) is 0 Å². The van der Waals surface area contributed by atoms with Crippen LogP contribution in [0.15, 0.2) is 55.0 Å². The zero-order chi connectivity index (χ0) is 15.9. The summed E-state index contributed by atoms with van der Waals surface area (Å²) in [5.74, 6) is 0. The third-order valence-corrected chi connectivity index (χ3v) is 3.75. The van der Waals surface area contributed by atoms with Gasteiger partial charge in [0, 0.05) is 24.0 Å². The number of imidazole rings is 1. The molecular weight excluding hydrogens is 317 g/mol. The third kappa shape index (κ3) is 5.10. The van der Waals surface area contributed by atoms with Crippen molar-refractivity contribution in [3.05, 3.63) is 81.9 Å². The molecule has 0 aliphatic heterocycles. The first-order chi connectivity index (χ1) is 10.5. The molecule has 0 aliphatic carbocycles. The second-order valence-electron chi connectivity index (χ2n) is 4.91. The van der Waals surface area contributed by atoms with Crippen LogP contribution in [0.25, 0.3) is 0 Å². The zero-order valence-corrected chi connectivity index (χ0v) is 13.7. The monoisotopic (exact) mass is 333 g/mol. The highest BCUT2D eigenvalue weighted by molar-refractivity contribution is 6.42. The van der Waals surface area contributed by atoms with E-state index in [2.05, 4.69) is 41.2 Å². The van der Waals surface area contributed by atoms with Crippen LogP contribution in [0, 0.1) is 6.92 Å². The number of aromatic nitrogens is 2. The Kier molecular flexibility index (Phi) is 5.87. The second kappa shape index (κ2) is 7.87. The number of anilines is 1. The predicted molar refractivity (Wildman–Crippen MR) is 93.4 cm³/mol. The van der Waals surface area contributed by atoms with Gasteiger partial charge in [0.15, 0.2) is 0 Å². The molecule has 3 rings (SSSR count). The number of benzene rings is 2. The van der Waals surface area contributed by atoms with Crippen LogP contribution in [-0.2, 0) is 6.42 Å². The first-order valence-electron chi connectivity index (χ1n) is 6.78. The lowest BCUT2D eigenvalue weighted by Gasteiger charge is -1.98. The molecule has 0 atom stereocenters. The van der Waals surface area contributed by atoms with Gasteiger partial charge in [-0.05, 0) is 30.7 Å². The Hall–Kier alpha value is -1.97. The number of aryl methyl sites for hydroxylation is 1. The van der Waals surface area contributed by atoms with Crippen LogP contribution in [0.1, 0.15) is 16.8 Å². The summed E-state index contributed by atoms with van der Waals surface area (Å²) in [5, 5.41) is 1.03. The molecule has 1 aromatic heterocycles. The van der Waals surface area contributed by atoms with Gasteiger partial charge in [0.05, 0.1) is 16.4 Å². The molecule has 0 bridgehead atoms. The number of nitrogen functional groups attached to an aromatic ring is 1. The van der Waals surface area contributed by atoms with Crippen LogP contribution in [0.4, 0.5) is 5.69 Å². The van der Waals surface area contributed by atoms with Crippen molar-refractivity contribution in [2.45, 2.75) is 13.3 Å². The van der Waals surface area contributed by atoms with E-state index in [4.69, 9.17) is 28.9 Å². The Balaban J connectivity index is 0.000000172. The molecule has 1 heterocycles. The van der Waals surface area contributed by atoms with E-state index in [-0.39, 0.29) is 0 Å². The van der Waals surface area contributed by atoms with Gasteiger partial charge in [-0.1, -0.05) is 53.0 Å². The van der Waals surface area contributed by atoms with Gasteiger partial charge in [-0.15, -0.1) is 0 Å². The Labute approximate surface area is 140 Å². The van der Waals surface area contributed by atoms with Crippen molar-refractivity contribution in [2.75, 3.05) is 5.73 Å². The van der Waals surface area contributed by atoms with E-state index in [0.29, 0.717) is 15.7 Å². The first kappa shape index (κ1) is 16.4. The molecule has 2 aromatic carbocycles. The fourth-order valence-electron chi connectivity index (χ4n) is 1.82. The fraction of sp³-hybridized carbons (Fsp3) is 0.118. The maximum Gasteiger partial charge on any atom is 0.0921 e.